The van der Waals surface area contributed by atoms with E-state index in [1.165, 1.54) is 6.07 Å². The van der Waals surface area contributed by atoms with Gasteiger partial charge in [-0.25, -0.2) is 4.98 Å². The molecular formula is C22H18N2O4. The summed E-state index contributed by atoms with van der Waals surface area (Å²) < 4.78 is 5.92. The van der Waals surface area contributed by atoms with Crippen LogP contribution in [0.1, 0.15) is 16.7 Å². The molecule has 28 heavy (non-hydrogen) atoms. The molecule has 0 aliphatic rings. The number of nitro groups is 1. The Labute approximate surface area is 161 Å². The molecule has 0 aliphatic heterocycles. The first kappa shape index (κ1) is 17.9. The zero-order valence-electron chi connectivity index (χ0n) is 15.5. The van der Waals surface area contributed by atoms with Crippen molar-refractivity contribution in [3.05, 3.63) is 81.4 Å². The van der Waals surface area contributed by atoms with Gasteiger partial charge < -0.3 is 9.52 Å². The molecule has 0 atom stereocenters. The molecule has 4 rings (SSSR count). The Hall–Kier alpha value is -3.51. The molecule has 6 nitrogen and oxygen atoms in total. The van der Waals surface area contributed by atoms with E-state index in [9.17, 15) is 15.2 Å². The molecule has 0 bridgehead atoms. The molecule has 0 saturated carbocycles. The van der Waals surface area contributed by atoms with Gasteiger partial charge in [-0.3, -0.25) is 10.1 Å². The van der Waals surface area contributed by atoms with Gasteiger partial charge in [-0.2, -0.15) is 0 Å². The lowest BCUT2D eigenvalue weighted by Crippen LogP contribution is -1.95. The van der Waals surface area contributed by atoms with Crippen LogP contribution < -0.4 is 0 Å². The third kappa shape index (κ3) is 2.93. The fourth-order valence-electron chi connectivity index (χ4n) is 3.46. The van der Waals surface area contributed by atoms with Gasteiger partial charge in [0, 0.05) is 17.2 Å². The standard InChI is InChI=1S/C22H18N2O4/c1-13-16(17-6-4-8-20(14(17)2)24(26)27)5-3-7-18(13)22-23-19-11-15(12-25)9-10-21(19)28-22/h3-11,25H,12H2,1-2H3. The summed E-state index contributed by atoms with van der Waals surface area (Å²) >= 11 is 0. The minimum atomic E-state index is -0.364. The van der Waals surface area contributed by atoms with Crippen molar-refractivity contribution in [3.63, 3.8) is 0 Å². The third-order valence-corrected chi connectivity index (χ3v) is 4.99. The van der Waals surface area contributed by atoms with Gasteiger partial charge in [-0.1, -0.05) is 30.3 Å². The fraction of sp³-hybridized carbons (Fsp3) is 0.136. The lowest BCUT2D eigenvalue weighted by molar-refractivity contribution is -0.385. The van der Waals surface area contributed by atoms with Crippen LogP contribution in [-0.2, 0) is 6.61 Å². The molecule has 1 aromatic heterocycles. The first-order chi connectivity index (χ1) is 13.5. The Kier molecular flexibility index (Phi) is 4.41. The summed E-state index contributed by atoms with van der Waals surface area (Å²) in [5.74, 6) is 0.479. The molecular weight excluding hydrogens is 356 g/mol. The number of hydrogen-bond acceptors (Lipinski definition) is 5. The van der Waals surface area contributed by atoms with E-state index < -0.39 is 0 Å². The monoisotopic (exact) mass is 374 g/mol. The molecule has 0 unspecified atom stereocenters. The zero-order valence-corrected chi connectivity index (χ0v) is 15.5. The molecule has 0 spiro atoms. The first-order valence-electron chi connectivity index (χ1n) is 8.84. The van der Waals surface area contributed by atoms with Gasteiger partial charge in [0.05, 0.1) is 11.5 Å². The van der Waals surface area contributed by atoms with Crippen molar-refractivity contribution in [1.29, 1.82) is 0 Å². The second kappa shape index (κ2) is 6.90. The van der Waals surface area contributed by atoms with E-state index in [0.29, 0.717) is 22.6 Å². The molecule has 3 aromatic carbocycles. The average molecular weight is 374 g/mol. The summed E-state index contributed by atoms with van der Waals surface area (Å²) in [6.45, 7) is 3.66. The van der Waals surface area contributed by atoms with Crippen LogP contribution >= 0.6 is 0 Å². The van der Waals surface area contributed by atoms with Gasteiger partial charge in [0.15, 0.2) is 5.58 Å². The number of nitrogens with zero attached hydrogens (tertiary/aromatic N) is 2. The number of aliphatic hydroxyl groups excluding tert-OH is 1. The number of aliphatic hydroxyl groups is 1. The first-order valence-corrected chi connectivity index (χ1v) is 8.84. The molecule has 6 heteroatoms. The Bertz CT molecular complexity index is 1210. The fourth-order valence-corrected chi connectivity index (χ4v) is 3.46. The predicted molar refractivity (Wildman–Crippen MR) is 107 cm³/mol. The van der Waals surface area contributed by atoms with Gasteiger partial charge in [0.25, 0.3) is 5.69 Å². The summed E-state index contributed by atoms with van der Waals surface area (Å²) in [6.07, 6.45) is 0. The summed E-state index contributed by atoms with van der Waals surface area (Å²) in [7, 11) is 0. The van der Waals surface area contributed by atoms with Crippen LogP contribution in [0.5, 0.6) is 0 Å². The van der Waals surface area contributed by atoms with Crippen LogP contribution in [0.3, 0.4) is 0 Å². The maximum atomic E-state index is 11.3. The van der Waals surface area contributed by atoms with E-state index in [1.807, 2.05) is 31.2 Å². The van der Waals surface area contributed by atoms with Crippen LogP contribution in [0.4, 0.5) is 5.69 Å². The largest absolute Gasteiger partial charge is 0.436 e. The highest BCUT2D eigenvalue weighted by Gasteiger charge is 2.18. The van der Waals surface area contributed by atoms with E-state index in [0.717, 1.165) is 27.8 Å². The zero-order chi connectivity index (χ0) is 19.8. The third-order valence-electron chi connectivity index (χ3n) is 4.99. The quantitative estimate of drug-likeness (QED) is 0.393. The topological polar surface area (TPSA) is 89.4 Å². The molecule has 4 aromatic rings. The SMILES string of the molecule is Cc1c(-c2nc3cc(CO)ccc3o2)cccc1-c1cccc([N+](=O)[O-])c1C. The maximum Gasteiger partial charge on any atom is 0.272 e. The number of benzene rings is 3. The number of hydrogen-bond donors (Lipinski definition) is 1. The van der Waals surface area contributed by atoms with Crippen LogP contribution in [0.25, 0.3) is 33.7 Å². The number of oxazole rings is 1. The lowest BCUT2D eigenvalue weighted by Gasteiger charge is -2.12. The van der Waals surface area contributed by atoms with E-state index in [2.05, 4.69) is 4.98 Å². The molecule has 0 amide bonds. The van der Waals surface area contributed by atoms with E-state index in [4.69, 9.17) is 4.42 Å². The Morgan fingerprint density at radius 3 is 2.39 bits per heavy atom. The second-order valence-electron chi connectivity index (χ2n) is 6.66. The van der Waals surface area contributed by atoms with Crippen molar-refractivity contribution in [1.82, 2.24) is 4.98 Å². The summed E-state index contributed by atoms with van der Waals surface area (Å²) in [5.41, 5.74) is 6.28. The summed E-state index contributed by atoms with van der Waals surface area (Å²) in [6, 6.07) is 16.2. The van der Waals surface area contributed by atoms with Gasteiger partial charge in [0.1, 0.15) is 5.52 Å². The van der Waals surface area contributed by atoms with E-state index >= 15 is 0 Å². The number of aromatic nitrogens is 1. The average Bonchev–Trinajstić information content (AvgIpc) is 3.11. The van der Waals surface area contributed by atoms with Crippen molar-refractivity contribution in [2.75, 3.05) is 0 Å². The van der Waals surface area contributed by atoms with Crippen molar-refractivity contribution < 1.29 is 14.4 Å². The van der Waals surface area contributed by atoms with Crippen LogP contribution in [0.15, 0.2) is 59.0 Å². The maximum absolute atomic E-state index is 11.3. The molecule has 1 heterocycles. The van der Waals surface area contributed by atoms with Crippen molar-refractivity contribution >= 4 is 16.8 Å². The van der Waals surface area contributed by atoms with Gasteiger partial charge >= 0.3 is 0 Å². The smallest absolute Gasteiger partial charge is 0.272 e. The van der Waals surface area contributed by atoms with E-state index in [-0.39, 0.29) is 17.2 Å². The predicted octanol–water partition coefficient (Wildman–Crippen LogP) is 5.18. The van der Waals surface area contributed by atoms with Crippen LogP contribution in [0.2, 0.25) is 0 Å². The molecule has 0 radical (unpaired) electrons. The highest BCUT2D eigenvalue weighted by atomic mass is 16.6. The highest BCUT2D eigenvalue weighted by molar-refractivity contribution is 5.82. The number of rotatable bonds is 4. The molecule has 1 N–H and O–H groups in total. The minimum absolute atomic E-state index is 0.0568. The van der Waals surface area contributed by atoms with Gasteiger partial charge in [0.2, 0.25) is 5.89 Å². The number of fused-ring (bicyclic) bond motifs is 1. The summed E-state index contributed by atoms with van der Waals surface area (Å²) in [5, 5.41) is 20.6. The van der Waals surface area contributed by atoms with Crippen LogP contribution in [0, 0.1) is 24.0 Å². The molecule has 0 saturated heterocycles. The highest BCUT2D eigenvalue weighted by Crippen LogP contribution is 2.36. The Morgan fingerprint density at radius 2 is 1.68 bits per heavy atom. The molecule has 140 valence electrons. The van der Waals surface area contributed by atoms with Crippen molar-refractivity contribution in [2.24, 2.45) is 0 Å². The number of nitro benzene ring substituents is 1. The molecule has 0 aliphatic carbocycles. The lowest BCUT2D eigenvalue weighted by atomic mass is 9.93. The Morgan fingerprint density at radius 1 is 1.00 bits per heavy atom. The van der Waals surface area contributed by atoms with E-state index in [1.54, 1.807) is 31.2 Å². The van der Waals surface area contributed by atoms with Gasteiger partial charge in [-0.15, -0.1) is 0 Å². The summed E-state index contributed by atoms with van der Waals surface area (Å²) in [4.78, 5) is 15.5. The minimum Gasteiger partial charge on any atom is -0.436 e. The van der Waals surface area contributed by atoms with Crippen molar-refractivity contribution in [3.8, 4) is 22.6 Å². The Balaban J connectivity index is 1.86. The normalized spacial score (nSPS) is 11.1. The van der Waals surface area contributed by atoms with Crippen molar-refractivity contribution in [2.45, 2.75) is 20.5 Å². The van der Waals surface area contributed by atoms with Crippen LogP contribution in [-0.4, -0.2) is 15.0 Å². The second-order valence-corrected chi connectivity index (χ2v) is 6.66. The van der Waals surface area contributed by atoms with Gasteiger partial charge in [-0.05, 0) is 54.3 Å². The molecule has 0 fully saturated rings.